The number of aryl methyl sites for hydroxylation is 1. The average Bonchev–Trinajstić information content (AvgIpc) is 2.12. The van der Waals surface area contributed by atoms with Gasteiger partial charge < -0.3 is 0 Å². The highest BCUT2D eigenvalue weighted by molar-refractivity contribution is 5.26. The van der Waals surface area contributed by atoms with Gasteiger partial charge >= 0.3 is 0 Å². The number of halogens is 2. The van der Waals surface area contributed by atoms with Crippen molar-refractivity contribution in [1.29, 1.82) is 5.26 Å². The van der Waals surface area contributed by atoms with E-state index in [4.69, 9.17) is 5.26 Å². The van der Waals surface area contributed by atoms with Crippen LogP contribution in [0.1, 0.15) is 17.5 Å². The van der Waals surface area contributed by atoms with Crippen molar-refractivity contribution in [2.75, 3.05) is 0 Å². The molecular formula is C10H9F2N. The minimum absolute atomic E-state index is 0.0153. The Bertz CT molecular complexity index is 353. The maximum atomic E-state index is 13.2. The maximum Gasteiger partial charge on any atom is 0.132 e. The van der Waals surface area contributed by atoms with Crippen LogP contribution in [0.15, 0.2) is 12.1 Å². The molecule has 1 aromatic rings. The number of rotatable bonds is 2. The van der Waals surface area contributed by atoms with Gasteiger partial charge in [-0.15, -0.1) is 0 Å². The first-order chi connectivity index (χ1) is 6.16. The molecule has 0 fully saturated rings. The van der Waals surface area contributed by atoms with Crippen molar-refractivity contribution in [1.82, 2.24) is 0 Å². The highest BCUT2D eigenvalue weighted by Crippen LogP contribution is 2.17. The summed E-state index contributed by atoms with van der Waals surface area (Å²) in [4.78, 5) is 0. The summed E-state index contributed by atoms with van der Waals surface area (Å²) in [5, 5.41) is 8.28. The first-order valence-corrected chi connectivity index (χ1v) is 3.97. The van der Waals surface area contributed by atoms with Gasteiger partial charge in [-0.25, -0.2) is 8.78 Å². The summed E-state index contributed by atoms with van der Waals surface area (Å²) in [7, 11) is 0. The first kappa shape index (κ1) is 9.66. The second kappa shape index (κ2) is 3.99. The molecular weight excluding hydrogens is 172 g/mol. The van der Waals surface area contributed by atoms with Crippen molar-refractivity contribution in [3.05, 3.63) is 34.9 Å². The highest BCUT2D eigenvalue weighted by atomic mass is 19.1. The standard InChI is InChI=1S/C10H9F2N/c1-7-4-5-9(11)8(10(7)12)3-2-6-13/h4-5H,2-3H2,1H3. The van der Waals surface area contributed by atoms with E-state index in [9.17, 15) is 8.78 Å². The summed E-state index contributed by atoms with van der Waals surface area (Å²) in [5.74, 6) is -1.10. The van der Waals surface area contributed by atoms with E-state index in [1.165, 1.54) is 12.1 Å². The van der Waals surface area contributed by atoms with Gasteiger partial charge in [0, 0.05) is 12.0 Å². The lowest BCUT2D eigenvalue weighted by Gasteiger charge is -2.04. The fourth-order valence-electron chi connectivity index (χ4n) is 1.12. The third kappa shape index (κ3) is 2.03. The van der Waals surface area contributed by atoms with E-state index in [1.807, 2.05) is 6.07 Å². The third-order valence-electron chi connectivity index (χ3n) is 1.87. The van der Waals surface area contributed by atoms with Crippen LogP contribution in [0.2, 0.25) is 0 Å². The first-order valence-electron chi connectivity index (χ1n) is 3.97. The molecule has 0 unspecified atom stereocenters. The largest absolute Gasteiger partial charge is 0.207 e. The molecule has 13 heavy (non-hydrogen) atoms. The SMILES string of the molecule is Cc1ccc(F)c(CCC#N)c1F. The Morgan fingerprint density at radius 3 is 2.69 bits per heavy atom. The normalized spacial score (nSPS) is 9.69. The van der Waals surface area contributed by atoms with Crippen LogP contribution < -0.4 is 0 Å². The molecule has 3 heteroatoms. The Balaban J connectivity index is 3.04. The lowest BCUT2D eigenvalue weighted by atomic mass is 10.1. The van der Waals surface area contributed by atoms with E-state index in [-0.39, 0.29) is 18.4 Å². The Kier molecular flexibility index (Phi) is 2.97. The molecule has 1 rings (SSSR count). The molecule has 0 saturated heterocycles. The summed E-state index contributed by atoms with van der Waals surface area (Å²) < 4.78 is 26.2. The smallest absolute Gasteiger partial charge is 0.132 e. The molecule has 0 aliphatic heterocycles. The van der Waals surface area contributed by atoms with E-state index < -0.39 is 11.6 Å². The van der Waals surface area contributed by atoms with Crippen molar-refractivity contribution >= 4 is 0 Å². The van der Waals surface area contributed by atoms with Crippen LogP contribution in [0, 0.1) is 29.9 Å². The molecule has 0 aromatic heterocycles. The predicted molar refractivity (Wildman–Crippen MR) is 45.0 cm³/mol. The summed E-state index contributed by atoms with van der Waals surface area (Å²) in [6.45, 7) is 1.57. The lowest BCUT2D eigenvalue weighted by Crippen LogP contribution is -1.97. The molecule has 0 N–H and O–H groups in total. The Morgan fingerprint density at radius 2 is 2.08 bits per heavy atom. The zero-order valence-corrected chi connectivity index (χ0v) is 7.27. The average molecular weight is 181 g/mol. The van der Waals surface area contributed by atoms with Crippen LogP contribution in [-0.2, 0) is 6.42 Å². The molecule has 68 valence electrons. The minimum atomic E-state index is -0.571. The third-order valence-corrected chi connectivity index (χ3v) is 1.87. The maximum absolute atomic E-state index is 13.2. The topological polar surface area (TPSA) is 23.8 Å². The molecule has 0 heterocycles. The number of nitrogens with zero attached hydrogens (tertiary/aromatic N) is 1. The van der Waals surface area contributed by atoms with Gasteiger partial charge in [0.05, 0.1) is 6.07 Å². The molecule has 0 aliphatic carbocycles. The monoisotopic (exact) mass is 181 g/mol. The van der Waals surface area contributed by atoms with E-state index in [2.05, 4.69) is 0 Å². The quantitative estimate of drug-likeness (QED) is 0.688. The van der Waals surface area contributed by atoms with Gasteiger partial charge in [0.25, 0.3) is 0 Å². The molecule has 0 aliphatic rings. The van der Waals surface area contributed by atoms with Crippen molar-refractivity contribution in [3.63, 3.8) is 0 Å². The van der Waals surface area contributed by atoms with Crippen molar-refractivity contribution < 1.29 is 8.78 Å². The second-order valence-electron chi connectivity index (χ2n) is 2.81. The zero-order chi connectivity index (χ0) is 9.84. The van der Waals surface area contributed by atoms with Gasteiger partial charge in [-0.05, 0) is 25.0 Å². The van der Waals surface area contributed by atoms with Crippen molar-refractivity contribution in [3.8, 4) is 6.07 Å². The van der Waals surface area contributed by atoms with E-state index in [0.717, 1.165) is 0 Å². The summed E-state index contributed by atoms with van der Waals surface area (Å²) in [6, 6.07) is 4.47. The van der Waals surface area contributed by atoms with Gasteiger partial charge in [-0.2, -0.15) is 5.26 Å². The Morgan fingerprint density at radius 1 is 1.38 bits per heavy atom. The lowest BCUT2D eigenvalue weighted by molar-refractivity contribution is 0.550. The molecule has 1 aromatic carbocycles. The molecule has 0 radical (unpaired) electrons. The summed E-state index contributed by atoms with van der Waals surface area (Å²) in [5.41, 5.74) is 0.427. The summed E-state index contributed by atoms with van der Waals surface area (Å²) in [6.07, 6.45) is 0.271. The van der Waals surface area contributed by atoms with Gasteiger partial charge in [0.15, 0.2) is 0 Å². The number of hydrogen-bond acceptors (Lipinski definition) is 1. The van der Waals surface area contributed by atoms with Crippen LogP contribution in [0.3, 0.4) is 0 Å². The molecule has 0 spiro atoms. The van der Waals surface area contributed by atoms with E-state index in [0.29, 0.717) is 5.56 Å². The zero-order valence-electron chi connectivity index (χ0n) is 7.27. The second-order valence-corrected chi connectivity index (χ2v) is 2.81. The molecule has 0 atom stereocenters. The van der Waals surface area contributed by atoms with Crippen LogP contribution in [0.4, 0.5) is 8.78 Å². The van der Waals surface area contributed by atoms with Gasteiger partial charge in [0.2, 0.25) is 0 Å². The van der Waals surface area contributed by atoms with Gasteiger partial charge in [-0.3, -0.25) is 0 Å². The van der Waals surface area contributed by atoms with Crippen molar-refractivity contribution in [2.24, 2.45) is 0 Å². The minimum Gasteiger partial charge on any atom is -0.207 e. The Labute approximate surface area is 75.6 Å². The number of hydrogen-bond donors (Lipinski definition) is 0. The van der Waals surface area contributed by atoms with E-state index in [1.54, 1.807) is 6.92 Å². The van der Waals surface area contributed by atoms with Crippen molar-refractivity contribution in [2.45, 2.75) is 19.8 Å². The van der Waals surface area contributed by atoms with Crippen LogP contribution in [-0.4, -0.2) is 0 Å². The van der Waals surface area contributed by atoms with Crippen LogP contribution in [0.5, 0.6) is 0 Å². The highest BCUT2D eigenvalue weighted by Gasteiger charge is 2.10. The molecule has 0 bridgehead atoms. The summed E-state index contributed by atoms with van der Waals surface area (Å²) >= 11 is 0. The fraction of sp³-hybridized carbons (Fsp3) is 0.300. The molecule has 1 nitrogen and oxygen atoms in total. The molecule has 0 saturated carbocycles. The molecule has 0 amide bonds. The van der Waals surface area contributed by atoms with Gasteiger partial charge in [-0.1, -0.05) is 6.07 Å². The number of nitriles is 1. The number of benzene rings is 1. The predicted octanol–water partition coefficient (Wildman–Crippen LogP) is 2.73. The van der Waals surface area contributed by atoms with Gasteiger partial charge in [0.1, 0.15) is 11.6 Å². The Hall–Kier alpha value is -1.43. The fourth-order valence-corrected chi connectivity index (χ4v) is 1.12. The van der Waals surface area contributed by atoms with Crippen LogP contribution in [0.25, 0.3) is 0 Å². The van der Waals surface area contributed by atoms with E-state index >= 15 is 0 Å². The van der Waals surface area contributed by atoms with Crippen LogP contribution >= 0.6 is 0 Å².